The molecule has 4 atom stereocenters. The van der Waals surface area contributed by atoms with Gasteiger partial charge in [0.1, 0.15) is 18.1 Å². The van der Waals surface area contributed by atoms with E-state index in [1.807, 2.05) is 18.2 Å². The molecule has 0 spiro atoms. The van der Waals surface area contributed by atoms with Crippen molar-refractivity contribution in [3.8, 4) is 0 Å². The summed E-state index contributed by atoms with van der Waals surface area (Å²) in [6, 6.07) is 5.28. The van der Waals surface area contributed by atoms with Gasteiger partial charge in [-0.3, -0.25) is 23.9 Å². The predicted octanol–water partition coefficient (Wildman–Crippen LogP) is -2.59. The Morgan fingerprint density at radius 3 is 2.44 bits per heavy atom. The van der Waals surface area contributed by atoms with Gasteiger partial charge in [0.2, 0.25) is 23.6 Å². The van der Waals surface area contributed by atoms with Crippen LogP contribution in [0.2, 0.25) is 0 Å². The van der Waals surface area contributed by atoms with Crippen LogP contribution in [0, 0.1) is 0 Å². The number of hydrogen-bond donors (Lipinski definition) is 6. The van der Waals surface area contributed by atoms with Gasteiger partial charge < -0.3 is 31.5 Å². The van der Waals surface area contributed by atoms with Crippen LogP contribution >= 0.6 is 0 Å². The maximum Gasteiger partial charge on any atom is 0.245 e. The molecular weight excluding hydrogens is 470 g/mol. The average molecular weight is 502 g/mol. The molecule has 1 aliphatic heterocycles. The molecule has 0 unspecified atom stereocenters. The Morgan fingerprint density at radius 1 is 1.00 bits per heavy atom. The van der Waals surface area contributed by atoms with E-state index in [-0.39, 0.29) is 25.8 Å². The van der Waals surface area contributed by atoms with Crippen molar-refractivity contribution in [3.63, 3.8) is 0 Å². The third-order valence-corrected chi connectivity index (χ3v) is 5.65. The van der Waals surface area contributed by atoms with Crippen LogP contribution in [0.25, 0.3) is 0 Å². The molecule has 13 heteroatoms. The number of carbonyl (C=O) groups is 4. The molecule has 1 aromatic carbocycles. The second kappa shape index (κ2) is 12.7. The highest BCUT2D eigenvalue weighted by molar-refractivity contribution is 5.94. The Kier molecular flexibility index (Phi) is 9.47. The predicted molar refractivity (Wildman–Crippen MR) is 126 cm³/mol. The third kappa shape index (κ3) is 7.58. The summed E-state index contributed by atoms with van der Waals surface area (Å²) in [5.41, 5.74) is 1.34. The first-order valence-corrected chi connectivity index (χ1v) is 11.7. The molecule has 1 aliphatic rings. The van der Waals surface area contributed by atoms with E-state index < -0.39 is 54.5 Å². The maximum atomic E-state index is 13.0. The Hall–Kier alpha value is -3.84. The van der Waals surface area contributed by atoms with E-state index in [4.69, 9.17) is 0 Å². The normalized spacial score (nSPS) is 23.4. The molecule has 36 heavy (non-hydrogen) atoms. The molecule has 4 amide bonds. The van der Waals surface area contributed by atoms with Gasteiger partial charge in [0.25, 0.3) is 0 Å². The highest BCUT2D eigenvalue weighted by Gasteiger charge is 2.32. The summed E-state index contributed by atoms with van der Waals surface area (Å²) >= 11 is 0. The van der Waals surface area contributed by atoms with Gasteiger partial charge in [-0.05, 0) is 12.5 Å². The number of nitrogens with zero attached hydrogens (tertiary/aromatic N) is 3. The number of rotatable bonds is 4. The molecule has 0 radical (unpaired) electrons. The van der Waals surface area contributed by atoms with Crippen LogP contribution < -0.4 is 21.3 Å². The van der Waals surface area contributed by atoms with E-state index in [0.717, 1.165) is 5.56 Å². The van der Waals surface area contributed by atoms with E-state index in [0.29, 0.717) is 12.2 Å². The summed E-state index contributed by atoms with van der Waals surface area (Å²) in [6.07, 6.45) is 0.724. The van der Waals surface area contributed by atoms with Gasteiger partial charge in [-0.25, -0.2) is 0 Å². The Morgan fingerprint density at radius 2 is 1.75 bits per heavy atom. The molecule has 0 saturated carbocycles. The molecule has 2 bridgehead atoms. The Balaban J connectivity index is 1.85. The fraction of sp³-hybridized carbons (Fsp3) is 0.478. The standard InChI is InChI=1S/C23H31N7O6/c1-14(32)20-23(36)26-17(11-15-5-3-2-4-6-15)21(34)24-9-10-30-12-16(28-29-30)7-8-19(33)25-18(13-31)22(35)27-20/h2-6,12,14,17-18,20,31-32H,7-11,13H2,1H3,(H,24,34)(H,25,33)(H,26,36)(H,27,35)/t14-,17+,18+,20+/m1/s1. The van der Waals surface area contributed by atoms with E-state index in [1.165, 1.54) is 11.6 Å². The van der Waals surface area contributed by atoms with Gasteiger partial charge in [-0.2, -0.15) is 0 Å². The highest BCUT2D eigenvalue weighted by Crippen LogP contribution is 2.06. The molecule has 0 saturated heterocycles. The van der Waals surface area contributed by atoms with Crippen LogP contribution in [0.1, 0.15) is 24.6 Å². The largest absolute Gasteiger partial charge is 0.394 e. The van der Waals surface area contributed by atoms with Gasteiger partial charge in [0, 0.05) is 32.0 Å². The zero-order chi connectivity index (χ0) is 26.1. The summed E-state index contributed by atoms with van der Waals surface area (Å²) < 4.78 is 1.52. The molecule has 2 aromatic rings. The average Bonchev–Trinajstić information content (AvgIpc) is 3.31. The molecule has 1 aromatic heterocycles. The lowest BCUT2D eigenvalue weighted by molar-refractivity contribution is -0.136. The first kappa shape index (κ1) is 26.8. The number of aliphatic hydroxyl groups excluding tert-OH is 2. The first-order valence-electron chi connectivity index (χ1n) is 11.7. The Bertz CT molecular complexity index is 1060. The van der Waals surface area contributed by atoms with Gasteiger partial charge in [0.05, 0.1) is 24.9 Å². The number of aromatic nitrogens is 3. The van der Waals surface area contributed by atoms with E-state index in [1.54, 1.807) is 18.3 Å². The van der Waals surface area contributed by atoms with Crippen LogP contribution in [-0.4, -0.2) is 86.2 Å². The lowest BCUT2D eigenvalue weighted by atomic mass is 10.0. The lowest BCUT2D eigenvalue weighted by Crippen LogP contribution is -2.60. The summed E-state index contributed by atoms with van der Waals surface area (Å²) in [7, 11) is 0. The number of fused-ring (bicyclic) bond motifs is 2. The van der Waals surface area contributed by atoms with Crippen molar-refractivity contribution in [2.75, 3.05) is 13.2 Å². The van der Waals surface area contributed by atoms with Crippen LogP contribution in [0.4, 0.5) is 0 Å². The van der Waals surface area contributed by atoms with Crippen molar-refractivity contribution in [3.05, 3.63) is 47.8 Å². The number of hydrogen-bond acceptors (Lipinski definition) is 8. The number of nitrogens with one attached hydrogen (secondary N) is 4. The monoisotopic (exact) mass is 501 g/mol. The van der Waals surface area contributed by atoms with Crippen molar-refractivity contribution in [2.45, 2.75) is 57.0 Å². The lowest BCUT2D eigenvalue weighted by Gasteiger charge is -2.26. The van der Waals surface area contributed by atoms with Crippen molar-refractivity contribution in [1.82, 2.24) is 36.3 Å². The molecule has 194 valence electrons. The number of carbonyl (C=O) groups excluding carboxylic acids is 4. The highest BCUT2D eigenvalue weighted by atomic mass is 16.3. The van der Waals surface area contributed by atoms with Crippen molar-refractivity contribution >= 4 is 23.6 Å². The van der Waals surface area contributed by atoms with Crippen molar-refractivity contribution in [2.24, 2.45) is 0 Å². The minimum Gasteiger partial charge on any atom is -0.394 e. The van der Waals surface area contributed by atoms with Gasteiger partial charge in [-0.1, -0.05) is 35.5 Å². The van der Waals surface area contributed by atoms with Crippen molar-refractivity contribution < 1.29 is 29.4 Å². The SMILES string of the molecule is C[C@@H](O)[C@@H]1NC(=O)[C@H](CO)NC(=O)CCc2cn(nn2)CCNC(=O)[C@H](Cc2ccccc2)NC1=O. The van der Waals surface area contributed by atoms with Crippen LogP contribution in [-0.2, 0) is 38.6 Å². The van der Waals surface area contributed by atoms with E-state index in [2.05, 4.69) is 31.6 Å². The molecule has 0 aliphatic carbocycles. The maximum absolute atomic E-state index is 13.0. The number of amides is 4. The van der Waals surface area contributed by atoms with Crippen LogP contribution in [0.15, 0.2) is 36.5 Å². The topological polar surface area (TPSA) is 188 Å². The van der Waals surface area contributed by atoms with Gasteiger partial charge in [-0.15, -0.1) is 5.10 Å². The molecule has 3 rings (SSSR count). The molecule has 0 fully saturated rings. The molecule has 13 nitrogen and oxygen atoms in total. The van der Waals surface area contributed by atoms with Gasteiger partial charge in [0.15, 0.2) is 0 Å². The summed E-state index contributed by atoms with van der Waals surface area (Å²) in [5, 5.41) is 37.9. The smallest absolute Gasteiger partial charge is 0.245 e. The second-order valence-corrected chi connectivity index (χ2v) is 8.54. The zero-order valence-electron chi connectivity index (χ0n) is 19.9. The molecule has 6 N–H and O–H groups in total. The minimum absolute atomic E-state index is 0.0132. The van der Waals surface area contributed by atoms with Crippen LogP contribution in [0.5, 0.6) is 0 Å². The number of aliphatic hydroxyl groups is 2. The summed E-state index contributed by atoms with van der Waals surface area (Å²) in [5.74, 6) is -2.61. The van der Waals surface area contributed by atoms with E-state index in [9.17, 15) is 29.4 Å². The minimum atomic E-state index is -1.43. The van der Waals surface area contributed by atoms with Crippen molar-refractivity contribution in [1.29, 1.82) is 0 Å². The fourth-order valence-corrected chi connectivity index (χ4v) is 3.66. The number of aryl methyl sites for hydroxylation is 1. The van der Waals surface area contributed by atoms with Gasteiger partial charge >= 0.3 is 0 Å². The molecular formula is C23H31N7O6. The zero-order valence-corrected chi connectivity index (χ0v) is 19.9. The quantitative estimate of drug-likeness (QED) is 0.263. The second-order valence-electron chi connectivity index (χ2n) is 8.54. The summed E-state index contributed by atoms with van der Waals surface area (Å²) in [4.78, 5) is 51.0. The van der Waals surface area contributed by atoms with Crippen LogP contribution in [0.3, 0.4) is 0 Å². The Labute approximate surface area is 207 Å². The summed E-state index contributed by atoms with van der Waals surface area (Å²) in [6.45, 7) is 1.11. The number of benzene rings is 1. The van der Waals surface area contributed by atoms with E-state index >= 15 is 0 Å². The third-order valence-electron chi connectivity index (χ3n) is 5.65. The first-order chi connectivity index (χ1) is 17.3. The fourth-order valence-electron chi connectivity index (χ4n) is 3.66. The molecule has 2 heterocycles.